The monoisotopic (exact) mass is 361 g/mol. The van der Waals surface area contributed by atoms with Gasteiger partial charge in [0.2, 0.25) is 5.16 Å². The molecule has 0 spiro atoms. The second-order valence-electron chi connectivity index (χ2n) is 4.90. The second kappa shape index (κ2) is 6.90. The van der Waals surface area contributed by atoms with Gasteiger partial charge in [-0.15, -0.1) is 10.2 Å². The predicted octanol–water partition coefficient (Wildman–Crippen LogP) is 3.51. The van der Waals surface area contributed by atoms with Crippen LogP contribution < -0.4 is 5.84 Å². The summed E-state index contributed by atoms with van der Waals surface area (Å²) in [5.74, 6) is 7.14. The fraction of sp³-hybridized carbons (Fsp3) is 0.0667. The zero-order valence-corrected chi connectivity index (χ0v) is 13.9. The first-order valence-corrected chi connectivity index (χ1v) is 8.23. The van der Waals surface area contributed by atoms with Crippen LogP contribution in [0.15, 0.2) is 53.7 Å². The number of thioether (sulfide) groups is 1. The Morgan fingerprint density at radius 3 is 2.62 bits per heavy atom. The van der Waals surface area contributed by atoms with Crippen LogP contribution in [0.1, 0.15) is 5.56 Å². The lowest BCUT2D eigenvalue weighted by molar-refractivity contribution is -0.384. The van der Waals surface area contributed by atoms with Gasteiger partial charge in [0, 0.05) is 28.5 Å². The Labute approximate surface area is 146 Å². The number of non-ortho nitro benzene ring substituents is 1. The molecule has 9 heteroatoms. The van der Waals surface area contributed by atoms with Crippen molar-refractivity contribution in [3.05, 3.63) is 69.2 Å². The molecule has 3 rings (SSSR count). The van der Waals surface area contributed by atoms with Crippen LogP contribution in [0.2, 0.25) is 5.02 Å². The first-order valence-electron chi connectivity index (χ1n) is 6.87. The maximum Gasteiger partial charge on any atom is 0.269 e. The number of nitrogens with zero attached hydrogens (tertiary/aromatic N) is 4. The molecule has 0 radical (unpaired) electrons. The van der Waals surface area contributed by atoms with E-state index in [9.17, 15) is 10.1 Å². The maximum absolute atomic E-state index is 10.7. The first kappa shape index (κ1) is 16.3. The summed E-state index contributed by atoms with van der Waals surface area (Å²) >= 11 is 7.37. The van der Waals surface area contributed by atoms with Crippen molar-refractivity contribution in [3.8, 4) is 11.4 Å². The molecule has 0 bridgehead atoms. The summed E-state index contributed by atoms with van der Waals surface area (Å²) in [4.78, 5) is 10.2. The van der Waals surface area contributed by atoms with Crippen LogP contribution >= 0.6 is 23.4 Å². The van der Waals surface area contributed by atoms with Crippen LogP contribution in [0.25, 0.3) is 11.4 Å². The van der Waals surface area contributed by atoms with Crippen LogP contribution in [-0.2, 0) is 5.75 Å². The fourth-order valence-corrected chi connectivity index (χ4v) is 3.06. The Morgan fingerprint density at radius 1 is 1.21 bits per heavy atom. The molecule has 122 valence electrons. The Hall–Kier alpha value is -2.58. The summed E-state index contributed by atoms with van der Waals surface area (Å²) in [7, 11) is 0. The molecule has 0 aliphatic rings. The van der Waals surface area contributed by atoms with Crippen molar-refractivity contribution in [1.82, 2.24) is 14.9 Å². The first-order chi connectivity index (χ1) is 11.5. The summed E-state index contributed by atoms with van der Waals surface area (Å²) in [5, 5.41) is 20.0. The smallest absolute Gasteiger partial charge is 0.269 e. The predicted molar refractivity (Wildman–Crippen MR) is 93.3 cm³/mol. The molecule has 0 saturated heterocycles. The van der Waals surface area contributed by atoms with Gasteiger partial charge in [0.25, 0.3) is 5.69 Å². The minimum Gasteiger partial charge on any atom is -0.335 e. The van der Waals surface area contributed by atoms with E-state index >= 15 is 0 Å². The van der Waals surface area contributed by atoms with E-state index in [4.69, 9.17) is 17.4 Å². The average Bonchev–Trinajstić information content (AvgIpc) is 2.94. The molecule has 1 aromatic heterocycles. The molecule has 0 atom stereocenters. The summed E-state index contributed by atoms with van der Waals surface area (Å²) < 4.78 is 1.40. The van der Waals surface area contributed by atoms with Crippen molar-refractivity contribution in [3.63, 3.8) is 0 Å². The minimum atomic E-state index is -0.426. The number of hydrogen-bond acceptors (Lipinski definition) is 6. The fourth-order valence-electron chi connectivity index (χ4n) is 2.06. The normalized spacial score (nSPS) is 10.7. The van der Waals surface area contributed by atoms with Crippen molar-refractivity contribution in [1.29, 1.82) is 0 Å². The molecule has 3 aromatic rings. The van der Waals surface area contributed by atoms with Crippen molar-refractivity contribution in [2.45, 2.75) is 10.9 Å². The minimum absolute atomic E-state index is 0.0639. The molecule has 0 fully saturated rings. The SMILES string of the molecule is Nn1c(SCc2ccc([N+](=O)[O-])cc2)nnc1-c1cccc(Cl)c1. The van der Waals surface area contributed by atoms with E-state index in [1.165, 1.54) is 28.6 Å². The van der Waals surface area contributed by atoms with Crippen molar-refractivity contribution < 1.29 is 4.92 Å². The maximum atomic E-state index is 10.7. The lowest BCUT2D eigenvalue weighted by atomic mass is 10.2. The molecule has 0 aliphatic carbocycles. The van der Waals surface area contributed by atoms with Gasteiger partial charge in [0.15, 0.2) is 5.82 Å². The van der Waals surface area contributed by atoms with Crippen molar-refractivity contribution in [2.24, 2.45) is 0 Å². The number of nitro benzene ring substituents is 1. The third-order valence-corrected chi connectivity index (χ3v) is 4.51. The quantitative estimate of drug-likeness (QED) is 0.323. The molecule has 0 aliphatic heterocycles. The number of halogens is 1. The number of aromatic nitrogens is 3. The van der Waals surface area contributed by atoms with E-state index in [1.54, 1.807) is 24.3 Å². The molecule has 24 heavy (non-hydrogen) atoms. The third kappa shape index (κ3) is 3.50. The van der Waals surface area contributed by atoms with Crippen LogP contribution in [-0.4, -0.2) is 19.8 Å². The van der Waals surface area contributed by atoms with E-state index in [-0.39, 0.29) is 5.69 Å². The second-order valence-corrected chi connectivity index (χ2v) is 6.28. The largest absolute Gasteiger partial charge is 0.335 e. The van der Waals surface area contributed by atoms with Crippen LogP contribution in [0.4, 0.5) is 5.69 Å². The number of rotatable bonds is 5. The number of nitrogens with two attached hydrogens (primary N) is 1. The van der Waals surface area contributed by atoms with Crippen LogP contribution in [0.5, 0.6) is 0 Å². The Balaban J connectivity index is 1.73. The molecule has 2 N–H and O–H groups in total. The van der Waals surface area contributed by atoms with Crippen molar-refractivity contribution in [2.75, 3.05) is 5.84 Å². The zero-order chi connectivity index (χ0) is 17.1. The summed E-state index contributed by atoms with van der Waals surface area (Å²) in [6.45, 7) is 0. The lowest BCUT2D eigenvalue weighted by Crippen LogP contribution is -2.11. The van der Waals surface area contributed by atoms with Gasteiger partial charge in [-0.1, -0.05) is 47.6 Å². The van der Waals surface area contributed by atoms with Crippen LogP contribution in [0.3, 0.4) is 0 Å². The van der Waals surface area contributed by atoms with E-state index < -0.39 is 4.92 Å². The van der Waals surface area contributed by atoms with Gasteiger partial charge in [0.05, 0.1) is 4.92 Å². The van der Waals surface area contributed by atoms with E-state index in [2.05, 4.69) is 10.2 Å². The highest BCUT2D eigenvalue weighted by Crippen LogP contribution is 2.26. The molecule has 7 nitrogen and oxygen atoms in total. The number of hydrogen-bond donors (Lipinski definition) is 1. The molecule has 0 unspecified atom stereocenters. The average molecular weight is 362 g/mol. The zero-order valence-electron chi connectivity index (χ0n) is 12.3. The highest BCUT2D eigenvalue weighted by Gasteiger charge is 2.13. The van der Waals surface area contributed by atoms with Gasteiger partial charge in [-0.25, -0.2) is 4.68 Å². The Morgan fingerprint density at radius 2 is 1.96 bits per heavy atom. The standard InChI is InChI=1S/C15H12ClN5O2S/c16-12-3-1-2-11(8-12)14-18-19-15(20(14)17)24-9-10-4-6-13(7-5-10)21(22)23/h1-8H,9,17H2. The van der Waals surface area contributed by atoms with E-state index in [0.717, 1.165) is 11.1 Å². The molecular weight excluding hydrogens is 350 g/mol. The van der Waals surface area contributed by atoms with Gasteiger partial charge in [0.1, 0.15) is 0 Å². The van der Waals surface area contributed by atoms with E-state index in [1.807, 2.05) is 12.1 Å². The van der Waals surface area contributed by atoms with Gasteiger partial charge >= 0.3 is 0 Å². The van der Waals surface area contributed by atoms with Gasteiger partial charge in [-0.05, 0) is 17.7 Å². The highest BCUT2D eigenvalue weighted by atomic mass is 35.5. The molecule has 2 aromatic carbocycles. The number of nitrogen functional groups attached to an aromatic ring is 1. The topological polar surface area (TPSA) is 99.9 Å². The summed E-state index contributed by atoms with van der Waals surface area (Å²) in [6, 6.07) is 13.6. The Kier molecular flexibility index (Phi) is 4.68. The third-order valence-electron chi connectivity index (χ3n) is 3.26. The molecule has 1 heterocycles. The number of nitro groups is 1. The summed E-state index contributed by atoms with van der Waals surface area (Å²) in [5.41, 5.74) is 1.77. The van der Waals surface area contributed by atoms with Gasteiger partial charge < -0.3 is 5.84 Å². The van der Waals surface area contributed by atoms with Gasteiger partial charge in [-0.2, -0.15) is 0 Å². The number of benzene rings is 2. The molecular formula is C15H12ClN5O2S. The summed E-state index contributed by atoms with van der Waals surface area (Å²) in [6.07, 6.45) is 0. The molecule has 0 amide bonds. The van der Waals surface area contributed by atoms with E-state index in [0.29, 0.717) is 21.8 Å². The van der Waals surface area contributed by atoms with Crippen molar-refractivity contribution >= 4 is 29.1 Å². The highest BCUT2D eigenvalue weighted by molar-refractivity contribution is 7.98. The molecule has 0 saturated carbocycles. The van der Waals surface area contributed by atoms with Gasteiger partial charge in [-0.3, -0.25) is 10.1 Å². The van der Waals surface area contributed by atoms with Crippen LogP contribution in [0, 0.1) is 10.1 Å². The Bertz CT molecular complexity index is 882. The lowest BCUT2D eigenvalue weighted by Gasteiger charge is -2.04.